The fourth-order valence-corrected chi connectivity index (χ4v) is 4.13. The molecule has 1 amide bonds. The van der Waals surface area contributed by atoms with Gasteiger partial charge in [-0.15, -0.1) is 5.10 Å². The fraction of sp³-hybridized carbons (Fsp3) is 0.833. The van der Waals surface area contributed by atoms with Crippen molar-refractivity contribution in [1.29, 1.82) is 0 Å². The van der Waals surface area contributed by atoms with Crippen molar-refractivity contribution in [3.05, 3.63) is 11.4 Å². The molecule has 0 radical (unpaired) electrons. The molecule has 0 saturated carbocycles. The average molecular weight is 333 g/mol. The summed E-state index contributed by atoms with van der Waals surface area (Å²) in [6, 6.07) is 0.725. The van der Waals surface area contributed by atoms with Gasteiger partial charge in [0, 0.05) is 12.6 Å². The molecule has 24 heavy (non-hydrogen) atoms. The largest absolute Gasteiger partial charge is 0.334 e. The molecule has 0 aliphatic carbocycles. The lowest BCUT2D eigenvalue weighted by molar-refractivity contribution is 0.0577. The maximum atomic E-state index is 13.1. The Labute approximate surface area is 145 Å². The van der Waals surface area contributed by atoms with Gasteiger partial charge in [-0.1, -0.05) is 19.1 Å². The van der Waals surface area contributed by atoms with Crippen LogP contribution in [-0.4, -0.2) is 51.5 Å². The summed E-state index contributed by atoms with van der Waals surface area (Å²) in [5.41, 5.74) is 1.49. The van der Waals surface area contributed by atoms with Gasteiger partial charge in [-0.05, 0) is 64.5 Å². The second-order valence-electron chi connectivity index (χ2n) is 7.73. The van der Waals surface area contributed by atoms with Crippen molar-refractivity contribution in [2.75, 3.05) is 19.6 Å². The van der Waals surface area contributed by atoms with E-state index in [-0.39, 0.29) is 5.91 Å². The number of hydrogen-bond acceptors (Lipinski definition) is 4. The van der Waals surface area contributed by atoms with E-state index < -0.39 is 0 Å². The Bertz CT molecular complexity index is 562. The Morgan fingerprint density at radius 2 is 2.00 bits per heavy atom. The van der Waals surface area contributed by atoms with Crippen molar-refractivity contribution >= 4 is 5.91 Å². The first-order valence-electron chi connectivity index (χ1n) is 9.51. The van der Waals surface area contributed by atoms with Gasteiger partial charge in [0.25, 0.3) is 5.91 Å². The van der Waals surface area contributed by atoms with Crippen LogP contribution in [0.1, 0.15) is 74.6 Å². The van der Waals surface area contributed by atoms with Gasteiger partial charge in [-0.3, -0.25) is 4.79 Å². The van der Waals surface area contributed by atoms with Crippen molar-refractivity contribution in [1.82, 2.24) is 25.2 Å². The number of amides is 1. The van der Waals surface area contributed by atoms with Gasteiger partial charge in [-0.2, -0.15) is 0 Å². The highest BCUT2D eigenvalue weighted by Gasteiger charge is 2.31. The van der Waals surface area contributed by atoms with E-state index in [1.807, 2.05) is 11.6 Å². The van der Waals surface area contributed by atoms with Crippen LogP contribution in [0.5, 0.6) is 0 Å². The standard InChI is InChI=1S/C18H31N5O/c1-13(2)12-16-6-4-5-11-22(16)18(24)17-14(3)23(21-20-17)15-7-9-19-10-8-15/h13,15-16,19H,4-12H2,1-3H3. The van der Waals surface area contributed by atoms with Crippen LogP contribution in [0.15, 0.2) is 0 Å². The minimum atomic E-state index is 0.0815. The lowest BCUT2D eigenvalue weighted by atomic mass is 9.93. The molecule has 1 N–H and O–H groups in total. The Kier molecular flexibility index (Phi) is 5.54. The predicted molar refractivity (Wildman–Crippen MR) is 94.0 cm³/mol. The lowest BCUT2D eigenvalue weighted by Crippen LogP contribution is -2.44. The zero-order valence-corrected chi connectivity index (χ0v) is 15.3. The third-order valence-corrected chi connectivity index (χ3v) is 5.42. The first-order valence-corrected chi connectivity index (χ1v) is 9.51. The highest BCUT2D eigenvalue weighted by atomic mass is 16.2. The number of aromatic nitrogens is 3. The smallest absolute Gasteiger partial charge is 0.276 e. The quantitative estimate of drug-likeness (QED) is 0.920. The van der Waals surface area contributed by atoms with E-state index in [4.69, 9.17) is 0 Å². The minimum Gasteiger partial charge on any atom is -0.334 e. The minimum absolute atomic E-state index is 0.0815. The predicted octanol–water partition coefficient (Wildman–Crippen LogP) is 2.55. The SMILES string of the molecule is Cc1c(C(=O)N2CCCCC2CC(C)C)nnn1C1CCNCC1. The van der Waals surface area contributed by atoms with Crippen molar-refractivity contribution in [3.63, 3.8) is 0 Å². The van der Waals surface area contributed by atoms with Gasteiger partial charge < -0.3 is 10.2 Å². The van der Waals surface area contributed by atoms with Crippen LogP contribution in [0.3, 0.4) is 0 Å². The number of piperidine rings is 2. The summed E-state index contributed by atoms with van der Waals surface area (Å²) in [5.74, 6) is 0.688. The molecule has 6 nitrogen and oxygen atoms in total. The summed E-state index contributed by atoms with van der Waals surface area (Å²) in [7, 11) is 0. The molecule has 0 bridgehead atoms. The third-order valence-electron chi connectivity index (χ3n) is 5.42. The fourth-order valence-electron chi connectivity index (χ4n) is 4.13. The second-order valence-corrected chi connectivity index (χ2v) is 7.73. The van der Waals surface area contributed by atoms with Crippen molar-refractivity contribution < 1.29 is 4.79 Å². The molecule has 6 heteroatoms. The van der Waals surface area contributed by atoms with Crippen LogP contribution in [-0.2, 0) is 0 Å². The summed E-state index contributed by atoms with van der Waals surface area (Å²) in [5, 5.41) is 12.0. The topological polar surface area (TPSA) is 63.1 Å². The summed E-state index contributed by atoms with van der Waals surface area (Å²) < 4.78 is 1.98. The lowest BCUT2D eigenvalue weighted by Gasteiger charge is -2.36. The Morgan fingerprint density at radius 3 is 2.71 bits per heavy atom. The monoisotopic (exact) mass is 333 g/mol. The van der Waals surface area contributed by atoms with Gasteiger partial charge >= 0.3 is 0 Å². The van der Waals surface area contributed by atoms with E-state index in [0.29, 0.717) is 23.7 Å². The molecule has 1 unspecified atom stereocenters. The van der Waals surface area contributed by atoms with Crippen LogP contribution in [0, 0.1) is 12.8 Å². The zero-order chi connectivity index (χ0) is 17.1. The van der Waals surface area contributed by atoms with Crippen LogP contribution in [0.4, 0.5) is 0 Å². The molecule has 3 heterocycles. The highest BCUT2D eigenvalue weighted by Crippen LogP contribution is 2.26. The van der Waals surface area contributed by atoms with Crippen molar-refractivity contribution in [2.24, 2.45) is 5.92 Å². The van der Waals surface area contributed by atoms with Crippen LogP contribution in [0.25, 0.3) is 0 Å². The molecule has 134 valence electrons. The van der Waals surface area contributed by atoms with Gasteiger partial charge in [0.2, 0.25) is 0 Å². The molecule has 1 aromatic rings. The summed E-state index contributed by atoms with van der Waals surface area (Å²) in [6.07, 6.45) is 6.62. The second kappa shape index (κ2) is 7.64. The van der Waals surface area contributed by atoms with Crippen LogP contribution in [0.2, 0.25) is 0 Å². The van der Waals surface area contributed by atoms with Crippen LogP contribution < -0.4 is 5.32 Å². The van der Waals surface area contributed by atoms with Crippen molar-refractivity contribution in [3.8, 4) is 0 Å². The molecule has 0 aromatic carbocycles. The zero-order valence-electron chi connectivity index (χ0n) is 15.3. The summed E-state index contributed by atoms with van der Waals surface area (Å²) in [4.78, 5) is 15.2. The molecule has 1 aromatic heterocycles. The normalized spacial score (nSPS) is 23.0. The van der Waals surface area contributed by atoms with E-state index in [2.05, 4.69) is 34.4 Å². The number of rotatable bonds is 4. The Balaban J connectivity index is 1.77. The summed E-state index contributed by atoms with van der Waals surface area (Å²) >= 11 is 0. The maximum Gasteiger partial charge on any atom is 0.276 e. The Hall–Kier alpha value is -1.43. The molecule has 3 rings (SSSR count). The number of likely N-dealkylation sites (tertiary alicyclic amines) is 1. The molecular weight excluding hydrogens is 302 g/mol. The van der Waals surface area contributed by atoms with Crippen molar-refractivity contribution in [2.45, 2.75) is 71.4 Å². The van der Waals surface area contributed by atoms with Crippen LogP contribution >= 0.6 is 0 Å². The average Bonchev–Trinajstić information content (AvgIpc) is 2.96. The van der Waals surface area contributed by atoms with Gasteiger partial charge in [0.05, 0.1) is 11.7 Å². The number of carbonyl (C=O) groups excluding carboxylic acids is 1. The molecule has 0 spiro atoms. The molecule has 2 fully saturated rings. The van der Waals surface area contributed by atoms with E-state index in [0.717, 1.165) is 57.4 Å². The number of carbonyl (C=O) groups is 1. The van der Waals surface area contributed by atoms with E-state index in [9.17, 15) is 4.79 Å². The highest BCUT2D eigenvalue weighted by molar-refractivity contribution is 5.93. The van der Waals surface area contributed by atoms with E-state index in [1.165, 1.54) is 6.42 Å². The van der Waals surface area contributed by atoms with E-state index in [1.54, 1.807) is 0 Å². The summed E-state index contributed by atoms with van der Waals surface area (Å²) in [6.45, 7) is 9.34. The first kappa shape index (κ1) is 17.4. The Morgan fingerprint density at radius 1 is 1.25 bits per heavy atom. The maximum absolute atomic E-state index is 13.1. The first-order chi connectivity index (χ1) is 11.6. The molecular formula is C18H31N5O. The number of hydrogen-bond donors (Lipinski definition) is 1. The molecule has 2 saturated heterocycles. The third kappa shape index (κ3) is 3.63. The molecule has 2 aliphatic heterocycles. The number of nitrogens with zero attached hydrogens (tertiary/aromatic N) is 4. The van der Waals surface area contributed by atoms with Gasteiger partial charge in [0.15, 0.2) is 5.69 Å². The molecule has 1 atom stereocenters. The van der Waals surface area contributed by atoms with Gasteiger partial charge in [-0.25, -0.2) is 4.68 Å². The van der Waals surface area contributed by atoms with E-state index >= 15 is 0 Å². The molecule has 2 aliphatic rings. The number of nitrogens with one attached hydrogen (secondary N) is 1. The van der Waals surface area contributed by atoms with Gasteiger partial charge in [0.1, 0.15) is 0 Å².